The molecule has 2 nitrogen and oxygen atoms in total. The second kappa shape index (κ2) is 15.4. The van der Waals surface area contributed by atoms with E-state index in [2.05, 4.69) is 246 Å². The highest BCUT2D eigenvalue weighted by Crippen LogP contribution is 2.52. The van der Waals surface area contributed by atoms with Gasteiger partial charge in [-0.2, -0.15) is 0 Å². The third-order valence-electron chi connectivity index (χ3n) is 12.8. The average Bonchev–Trinajstić information content (AvgIpc) is 3.27. The van der Waals surface area contributed by atoms with Crippen molar-refractivity contribution in [2.75, 3.05) is 9.80 Å². The van der Waals surface area contributed by atoms with Gasteiger partial charge in [-0.3, -0.25) is 0 Å². The highest BCUT2D eigenvalue weighted by atomic mass is 15.2. The summed E-state index contributed by atoms with van der Waals surface area (Å²) in [6.07, 6.45) is 0. The van der Waals surface area contributed by atoms with E-state index < -0.39 is 0 Å². The van der Waals surface area contributed by atoms with Crippen molar-refractivity contribution in [3.63, 3.8) is 0 Å². The Kier molecular flexibility index (Phi) is 9.68. The van der Waals surface area contributed by atoms with Gasteiger partial charge in [0.2, 0.25) is 0 Å². The van der Waals surface area contributed by atoms with Gasteiger partial charge in [0.05, 0.1) is 11.4 Å². The minimum atomic E-state index is 0.00725. The first kappa shape index (κ1) is 39.0. The number of aryl methyl sites for hydroxylation is 2. The van der Waals surface area contributed by atoms with Crippen LogP contribution in [0.3, 0.4) is 0 Å². The topological polar surface area (TPSA) is 6.48 Å². The van der Waals surface area contributed by atoms with Crippen molar-refractivity contribution < 1.29 is 0 Å². The third kappa shape index (κ3) is 6.77. The fourth-order valence-corrected chi connectivity index (χ4v) is 9.62. The lowest BCUT2D eigenvalue weighted by molar-refractivity contribution is 0.591. The van der Waals surface area contributed by atoms with Gasteiger partial charge in [0.1, 0.15) is 0 Å². The number of hydrogen-bond acceptors (Lipinski definition) is 2. The lowest BCUT2D eigenvalue weighted by Gasteiger charge is -2.34. The molecule has 0 N–H and O–H groups in total. The van der Waals surface area contributed by atoms with Gasteiger partial charge in [-0.15, -0.1) is 0 Å². The molecule has 0 fully saturated rings. The highest BCUT2D eigenvalue weighted by molar-refractivity contribution is 6.29. The normalized spacial score (nSPS) is 11.8. The van der Waals surface area contributed by atoms with Gasteiger partial charge in [-0.25, -0.2) is 0 Å². The van der Waals surface area contributed by atoms with E-state index in [-0.39, 0.29) is 5.41 Å². The molecular formula is C60H52N2. The van der Waals surface area contributed by atoms with E-state index in [1.54, 1.807) is 0 Å². The zero-order valence-electron chi connectivity index (χ0n) is 36.8. The first-order valence-electron chi connectivity index (χ1n) is 21.8. The van der Waals surface area contributed by atoms with E-state index in [0.717, 1.165) is 34.1 Å². The van der Waals surface area contributed by atoms with Crippen LogP contribution in [0.15, 0.2) is 188 Å². The molecule has 2 heteroatoms. The minimum absolute atomic E-state index is 0.00725. The lowest BCUT2D eigenvalue weighted by atomic mass is 9.83. The molecule has 0 aliphatic rings. The summed E-state index contributed by atoms with van der Waals surface area (Å²) >= 11 is 0. The molecule has 0 amide bonds. The van der Waals surface area contributed by atoms with Crippen LogP contribution in [0.1, 0.15) is 48.6 Å². The summed E-state index contributed by atoms with van der Waals surface area (Å²) in [4.78, 5) is 5.04. The SMILES string of the molecule is Cc1cccc(N(c2cccc(-c3ccccc3)c2C)c2cc(N(c3cccc(C)c3)c3cccc(-c4ccccc4)c3C)c3ccc4cc(C(C)(C)C)cc5ccc2c3c54)c1. The molecule has 62 heavy (non-hydrogen) atoms. The maximum absolute atomic E-state index is 2.52. The molecular weight excluding hydrogens is 749 g/mol. The molecule has 10 aromatic rings. The Hall–Kier alpha value is -7.16. The Morgan fingerprint density at radius 1 is 0.355 bits per heavy atom. The van der Waals surface area contributed by atoms with Gasteiger partial charge in [0.25, 0.3) is 0 Å². The first-order chi connectivity index (χ1) is 30.0. The fraction of sp³-hybridized carbons (Fsp3) is 0.133. The quantitative estimate of drug-likeness (QED) is 0.141. The molecule has 0 bridgehead atoms. The van der Waals surface area contributed by atoms with E-state index >= 15 is 0 Å². The van der Waals surface area contributed by atoms with E-state index in [9.17, 15) is 0 Å². The van der Waals surface area contributed by atoms with E-state index in [1.165, 1.54) is 82.4 Å². The second-order valence-electron chi connectivity index (χ2n) is 18.0. The maximum atomic E-state index is 2.52. The largest absolute Gasteiger partial charge is 0.309 e. The van der Waals surface area contributed by atoms with Crippen LogP contribution in [0.25, 0.3) is 54.6 Å². The monoisotopic (exact) mass is 800 g/mol. The van der Waals surface area contributed by atoms with E-state index in [4.69, 9.17) is 0 Å². The Morgan fingerprint density at radius 3 is 1.21 bits per heavy atom. The molecule has 10 rings (SSSR count). The van der Waals surface area contributed by atoms with Crippen molar-refractivity contribution >= 4 is 66.4 Å². The second-order valence-corrected chi connectivity index (χ2v) is 18.0. The van der Waals surface area contributed by atoms with Gasteiger partial charge in [-0.1, -0.05) is 166 Å². The van der Waals surface area contributed by atoms with Crippen LogP contribution in [0.5, 0.6) is 0 Å². The molecule has 0 radical (unpaired) electrons. The van der Waals surface area contributed by atoms with Gasteiger partial charge in [-0.05, 0) is 142 Å². The lowest BCUT2D eigenvalue weighted by Crippen LogP contribution is -2.16. The number of nitrogens with zero attached hydrogens (tertiary/aromatic N) is 2. The summed E-state index contributed by atoms with van der Waals surface area (Å²) in [6.45, 7) is 15.9. The van der Waals surface area contributed by atoms with Crippen molar-refractivity contribution in [2.45, 2.75) is 53.9 Å². The smallest absolute Gasteiger partial charge is 0.0561 e. The van der Waals surface area contributed by atoms with E-state index in [1.807, 2.05) is 0 Å². The van der Waals surface area contributed by atoms with Gasteiger partial charge in [0, 0.05) is 38.9 Å². The first-order valence-corrected chi connectivity index (χ1v) is 21.8. The molecule has 0 aliphatic carbocycles. The van der Waals surface area contributed by atoms with Crippen LogP contribution in [0.2, 0.25) is 0 Å². The zero-order valence-corrected chi connectivity index (χ0v) is 36.8. The Balaban J connectivity index is 1.36. The van der Waals surface area contributed by atoms with Crippen LogP contribution in [0.4, 0.5) is 34.1 Å². The van der Waals surface area contributed by atoms with Crippen molar-refractivity contribution in [3.8, 4) is 22.3 Å². The summed E-state index contributed by atoms with van der Waals surface area (Å²) in [5.41, 5.74) is 17.9. The van der Waals surface area contributed by atoms with Crippen molar-refractivity contribution in [2.24, 2.45) is 0 Å². The summed E-state index contributed by atoms with van der Waals surface area (Å²) in [7, 11) is 0. The molecule has 0 saturated carbocycles. The summed E-state index contributed by atoms with van der Waals surface area (Å²) < 4.78 is 0. The van der Waals surface area contributed by atoms with Crippen molar-refractivity contribution in [3.05, 3.63) is 216 Å². The number of benzene rings is 10. The van der Waals surface area contributed by atoms with Crippen LogP contribution < -0.4 is 9.80 Å². The standard InChI is InChI=1S/C60H52N2/c1-39-18-14-24-48(34-39)61(54-28-16-26-50(41(54)3)43-20-10-8-11-21-43)56-38-57(53-33-31-46-37-47(60(5,6)7)36-45-30-32-52(56)59(53)58(45)46)62(49-25-15-19-40(2)35-49)55-29-17-27-51(42(55)4)44-22-12-9-13-23-44/h8-38H,1-7H3. The number of hydrogen-bond donors (Lipinski definition) is 0. The molecule has 10 aromatic carbocycles. The fourth-order valence-electron chi connectivity index (χ4n) is 9.62. The van der Waals surface area contributed by atoms with E-state index in [0.29, 0.717) is 0 Å². The Bertz CT molecular complexity index is 3060. The van der Waals surface area contributed by atoms with Crippen LogP contribution >= 0.6 is 0 Å². The van der Waals surface area contributed by atoms with Crippen molar-refractivity contribution in [1.82, 2.24) is 0 Å². The molecule has 0 saturated heterocycles. The predicted octanol–water partition coefficient (Wildman–Crippen LogP) is 17.4. The molecule has 302 valence electrons. The zero-order chi connectivity index (χ0) is 42.7. The Labute approximate surface area is 366 Å². The molecule has 0 aliphatic heterocycles. The molecule has 0 aromatic heterocycles. The predicted molar refractivity (Wildman–Crippen MR) is 268 cm³/mol. The summed E-state index contributed by atoms with van der Waals surface area (Å²) in [5.74, 6) is 0. The maximum Gasteiger partial charge on any atom is 0.0561 e. The summed E-state index contributed by atoms with van der Waals surface area (Å²) in [6, 6.07) is 69.9. The molecule has 0 unspecified atom stereocenters. The summed E-state index contributed by atoms with van der Waals surface area (Å²) in [5, 5.41) is 7.54. The third-order valence-corrected chi connectivity index (χ3v) is 12.8. The van der Waals surface area contributed by atoms with Gasteiger partial charge in [0.15, 0.2) is 0 Å². The molecule has 0 spiro atoms. The molecule has 0 atom stereocenters. The average molecular weight is 801 g/mol. The molecule has 0 heterocycles. The van der Waals surface area contributed by atoms with Gasteiger partial charge >= 0.3 is 0 Å². The number of rotatable bonds is 8. The number of anilines is 6. The van der Waals surface area contributed by atoms with Crippen molar-refractivity contribution in [1.29, 1.82) is 0 Å². The van der Waals surface area contributed by atoms with Crippen LogP contribution in [0, 0.1) is 27.7 Å². The van der Waals surface area contributed by atoms with Gasteiger partial charge < -0.3 is 9.80 Å². The van der Waals surface area contributed by atoms with Crippen LogP contribution in [-0.2, 0) is 5.41 Å². The highest BCUT2D eigenvalue weighted by Gasteiger charge is 2.27. The van der Waals surface area contributed by atoms with Crippen LogP contribution in [-0.4, -0.2) is 0 Å². The Morgan fingerprint density at radius 2 is 0.790 bits per heavy atom. The minimum Gasteiger partial charge on any atom is -0.309 e.